The third kappa shape index (κ3) is 5.47. The number of ether oxygens (including phenoxy) is 4. The van der Waals surface area contributed by atoms with Gasteiger partial charge in [0.25, 0.3) is 0 Å². The Bertz CT molecular complexity index is 1400. The lowest BCUT2D eigenvalue weighted by molar-refractivity contribution is -0.132. The Labute approximate surface area is 226 Å². The van der Waals surface area contributed by atoms with Gasteiger partial charge >= 0.3 is 0 Å². The topological polar surface area (TPSA) is 70.1 Å². The minimum atomic E-state index is 0.0270. The molecule has 1 saturated heterocycles. The zero-order valence-corrected chi connectivity index (χ0v) is 22.8. The van der Waals surface area contributed by atoms with Gasteiger partial charge in [-0.15, -0.1) is 0 Å². The third-order valence-corrected chi connectivity index (χ3v) is 7.62. The molecular formula is C30H32N2O5S. The molecule has 1 aliphatic heterocycles. The van der Waals surface area contributed by atoms with Crippen molar-refractivity contribution in [1.82, 2.24) is 9.88 Å². The molecule has 0 radical (unpaired) electrons. The van der Waals surface area contributed by atoms with E-state index in [2.05, 4.69) is 6.07 Å². The van der Waals surface area contributed by atoms with Crippen molar-refractivity contribution < 1.29 is 23.7 Å². The number of amides is 1. The monoisotopic (exact) mass is 532 g/mol. The van der Waals surface area contributed by atoms with Gasteiger partial charge in [0.1, 0.15) is 22.8 Å². The molecule has 0 aliphatic carbocycles. The fourth-order valence-corrected chi connectivity index (χ4v) is 5.63. The maximum Gasteiger partial charge on any atom is 0.227 e. The molecule has 1 atom stereocenters. The van der Waals surface area contributed by atoms with Crippen molar-refractivity contribution in [1.29, 1.82) is 0 Å². The van der Waals surface area contributed by atoms with E-state index in [-0.39, 0.29) is 12.0 Å². The number of fused-ring (bicyclic) bond motifs is 1. The van der Waals surface area contributed by atoms with E-state index in [4.69, 9.17) is 23.9 Å². The fraction of sp³-hybridized carbons (Fsp3) is 0.333. The van der Waals surface area contributed by atoms with Crippen LogP contribution < -0.4 is 14.2 Å². The van der Waals surface area contributed by atoms with Crippen LogP contribution in [0.1, 0.15) is 24.0 Å². The average molecular weight is 533 g/mol. The van der Waals surface area contributed by atoms with Gasteiger partial charge in [0.2, 0.25) is 5.91 Å². The molecule has 2 aromatic carbocycles. The van der Waals surface area contributed by atoms with Gasteiger partial charge < -0.3 is 23.8 Å². The van der Waals surface area contributed by atoms with E-state index in [9.17, 15) is 4.79 Å². The van der Waals surface area contributed by atoms with Crippen LogP contribution >= 0.6 is 11.3 Å². The summed E-state index contributed by atoms with van der Waals surface area (Å²) in [5, 5.41) is 4.85. The van der Waals surface area contributed by atoms with E-state index < -0.39 is 0 Å². The molecule has 38 heavy (non-hydrogen) atoms. The van der Waals surface area contributed by atoms with Crippen LogP contribution in [-0.2, 0) is 22.5 Å². The van der Waals surface area contributed by atoms with Crippen molar-refractivity contribution in [2.24, 2.45) is 0 Å². The van der Waals surface area contributed by atoms with Crippen LogP contribution in [0.5, 0.6) is 17.2 Å². The van der Waals surface area contributed by atoms with Crippen molar-refractivity contribution in [3.05, 3.63) is 70.4 Å². The number of thiophene rings is 1. The Hall–Kier alpha value is -3.62. The van der Waals surface area contributed by atoms with E-state index >= 15 is 0 Å². The lowest BCUT2D eigenvalue weighted by atomic mass is 10.0. The molecule has 4 aromatic rings. The molecular weight excluding hydrogens is 500 g/mol. The first kappa shape index (κ1) is 26.0. The first-order valence-electron chi connectivity index (χ1n) is 12.7. The van der Waals surface area contributed by atoms with E-state index in [1.807, 2.05) is 58.1 Å². The molecule has 1 fully saturated rings. The maximum absolute atomic E-state index is 13.6. The fourth-order valence-electron chi connectivity index (χ4n) is 4.96. The molecule has 5 rings (SSSR count). The van der Waals surface area contributed by atoms with Crippen LogP contribution in [0.25, 0.3) is 22.2 Å². The third-order valence-electron chi connectivity index (χ3n) is 6.89. The summed E-state index contributed by atoms with van der Waals surface area (Å²) >= 11 is 1.60. The Balaban J connectivity index is 1.63. The van der Waals surface area contributed by atoms with E-state index in [1.165, 1.54) is 0 Å². The second-order valence-electron chi connectivity index (χ2n) is 9.28. The maximum atomic E-state index is 13.6. The molecule has 3 heterocycles. The Morgan fingerprint density at radius 1 is 1.05 bits per heavy atom. The summed E-state index contributed by atoms with van der Waals surface area (Å²) < 4.78 is 23.0. The van der Waals surface area contributed by atoms with Gasteiger partial charge in [-0.2, -0.15) is 11.3 Å². The lowest BCUT2D eigenvalue weighted by Crippen LogP contribution is -2.38. The summed E-state index contributed by atoms with van der Waals surface area (Å²) in [5.41, 5.74) is 4.18. The number of rotatable bonds is 10. The van der Waals surface area contributed by atoms with E-state index in [0.29, 0.717) is 42.3 Å². The minimum Gasteiger partial charge on any atom is -0.496 e. The number of pyridine rings is 1. The predicted octanol–water partition coefficient (Wildman–Crippen LogP) is 5.74. The van der Waals surface area contributed by atoms with Gasteiger partial charge in [-0.05, 0) is 71.1 Å². The second-order valence-corrected chi connectivity index (χ2v) is 10.1. The molecule has 1 unspecified atom stereocenters. The molecule has 2 aromatic heterocycles. The first-order valence-corrected chi connectivity index (χ1v) is 13.6. The summed E-state index contributed by atoms with van der Waals surface area (Å²) in [5.74, 6) is 2.10. The highest BCUT2D eigenvalue weighted by Gasteiger charge is 2.26. The zero-order valence-electron chi connectivity index (χ0n) is 21.9. The Morgan fingerprint density at radius 2 is 1.84 bits per heavy atom. The van der Waals surface area contributed by atoms with Crippen LogP contribution in [0.2, 0.25) is 0 Å². The number of para-hydroxylation sites is 1. The normalized spacial score (nSPS) is 15.0. The van der Waals surface area contributed by atoms with Crippen molar-refractivity contribution in [3.8, 4) is 28.5 Å². The highest BCUT2D eigenvalue weighted by Crippen LogP contribution is 2.38. The van der Waals surface area contributed by atoms with Crippen LogP contribution in [0.4, 0.5) is 0 Å². The summed E-state index contributed by atoms with van der Waals surface area (Å²) in [6.07, 6.45) is 2.33. The van der Waals surface area contributed by atoms with Gasteiger partial charge in [-0.3, -0.25) is 4.79 Å². The van der Waals surface area contributed by atoms with E-state index in [1.54, 1.807) is 32.7 Å². The van der Waals surface area contributed by atoms with Gasteiger partial charge in [0.05, 0.1) is 39.5 Å². The number of nitrogens with zero attached hydrogens (tertiary/aromatic N) is 2. The SMILES string of the molecule is COc1ccccc1-c1nc2c(OC)ccc(OC)c2cc1CN(CC1CCCO1)C(=O)Cc1ccsc1. The largest absolute Gasteiger partial charge is 0.496 e. The number of hydrogen-bond donors (Lipinski definition) is 0. The number of aromatic nitrogens is 1. The summed E-state index contributed by atoms with van der Waals surface area (Å²) in [4.78, 5) is 20.7. The van der Waals surface area contributed by atoms with Crippen LogP contribution in [0, 0.1) is 0 Å². The Kier molecular flexibility index (Phi) is 8.10. The quantitative estimate of drug-likeness (QED) is 0.259. The molecule has 198 valence electrons. The molecule has 1 aliphatic rings. The Morgan fingerprint density at radius 3 is 2.55 bits per heavy atom. The second kappa shape index (κ2) is 11.8. The molecule has 1 amide bonds. The van der Waals surface area contributed by atoms with Crippen molar-refractivity contribution in [3.63, 3.8) is 0 Å². The van der Waals surface area contributed by atoms with Crippen molar-refractivity contribution >= 4 is 28.1 Å². The molecule has 0 saturated carbocycles. The van der Waals surface area contributed by atoms with Gasteiger partial charge in [0, 0.05) is 30.6 Å². The average Bonchev–Trinajstić information content (AvgIpc) is 3.66. The van der Waals surface area contributed by atoms with Crippen molar-refractivity contribution in [2.75, 3.05) is 34.5 Å². The highest BCUT2D eigenvalue weighted by atomic mass is 32.1. The number of benzene rings is 2. The number of carbonyl (C=O) groups excluding carboxylic acids is 1. The number of methoxy groups -OCH3 is 3. The summed E-state index contributed by atoms with van der Waals surface area (Å²) in [6, 6.07) is 15.6. The predicted molar refractivity (Wildman–Crippen MR) is 149 cm³/mol. The number of hydrogen-bond acceptors (Lipinski definition) is 7. The number of carbonyl (C=O) groups is 1. The smallest absolute Gasteiger partial charge is 0.227 e. The summed E-state index contributed by atoms with van der Waals surface area (Å²) in [6.45, 7) is 1.64. The van der Waals surface area contributed by atoms with Gasteiger partial charge in [0.15, 0.2) is 0 Å². The summed E-state index contributed by atoms with van der Waals surface area (Å²) in [7, 11) is 4.92. The van der Waals surface area contributed by atoms with Gasteiger partial charge in [-0.25, -0.2) is 4.98 Å². The molecule has 0 spiro atoms. The van der Waals surface area contributed by atoms with Crippen LogP contribution in [0.3, 0.4) is 0 Å². The standard InChI is InChI=1S/C30H32N2O5S/c1-34-25-9-5-4-8-23(25)29-21(16-24-26(35-2)10-11-27(36-3)30(24)31-29)17-32(18-22-7-6-13-37-22)28(33)15-20-12-14-38-19-20/h4-5,8-12,14,16,19,22H,6-7,13,15,17-18H2,1-3H3. The molecule has 7 nitrogen and oxygen atoms in total. The molecule has 0 bridgehead atoms. The molecule has 8 heteroatoms. The minimum absolute atomic E-state index is 0.0270. The molecule has 0 N–H and O–H groups in total. The van der Waals surface area contributed by atoms with Gasteiger partial charge in [-0.1, -0.05) is 12.1 Å². The first-order chi connectivity index (χ1) is 18.6. The van der Waals surface area contributed by atoms with Crippen LogP contribution in [0.15, 0.2) is 59.3 Å². The van der Waals surface area contributed by atoms with Crippen molar-refractivity contribution in [2.45, 2.75) is 31.9 Å². The lowest BCUT2D eigenvalue weighted by Gasteiger charge is -2.27. The zero-order chi connectivity index (χ0) is 26.5. The van der Waals surface area contributed by atoms with E-state index in [0.717, 1.165) is 47.2 Å². The van der Waals surface area contributed by atoms with Crippen LogP contribution in [-0.4, -0.2) is 56.4 Å². The highest BCUT2D eigenvalue weighted by molar-refractivity contribution is 7.08.